The van der Waals surface area contributed by atoms with Crippen molar-refractivity contribution in [2.45, 2.75) is 33.2 Å². The lowest BCUT2D eigenvalue weighted by atomic mass is 10.1. The second-order valence-electron chi connectivity index (χ2n) is 6.13. The number of benzene rings is 2. The molecule has 0 bridgehead atoms. The molecule has 0 heterocycles. The van der Waals surface area contributed by atoms with E-state index in [-0.39, 0.29) is 17.9 Å². The van der Waals surface area contributed by atoms with Gasteiger partial charge in [-0.3, -0.25) is 0 Å². The highest BCUT2D eigenvalue weighted by molar-refractivity contribution is 5.79. The third-order valence-electron chi connectivity index (χ3n) is 3.96. The summed E-state index contributed by atoms with van der Waals surface area (Å²) in [6.07, 6.45) is 0. The number of aliphatic imine (C=N–C) groups is 1. The number of guanidine groups is 1. The van der Waals surface area contributed by atoms with Gasteiger partial charge in [-0.25, -0.2) is 9.38 Å². The summed E-state index contributed by atoms with van der Waals surface area (Å²) in [5.41, 5.74) is 1.92. The summed E-state index contributed by atoms with van der Waals surface area (Å²) in [7, 11) is 1.86. The first kappa shape index (κ1) is 21.6. The number of halogens is 3. The van der Waals surface area contributed by atoms with Crippen LogP contribution in [0.1, 0.15) is 23.6 Å². The predicted molar refractivity (Wildman–Crippen MR) is 102 cm³/mol. The van der Waals surface area contributed by atoms with Crippen LogP contribution in [-0.4, -0.2) is 36.2 Å². The van der Waals surface area contributed by atoms with Crippen molar-refractivity contribution < 1.29 is 23.0 Å². The van der Waals surface area contributed by atoms with Crippen LogP contribution >= 0.6 is 0 Å². The van der Waals surface area contributed by atoms with Gasteiger partial charge in [0.25, 0.3) is 0 Å². The second-order valence-corrected chi connectivity index (χ2v) is 6.13. The summed E-state index contributed by atoms with van der Waals surface area (Å²) >= 11 is 0. The first-order valence-electron chi connectivity index (χ1n) is 8.84. The molecule has 0 aliphatic rings. The average Bonchev–Trinajstić information content (AvgIpc) is 2.67. The van der Waals surface area contributed by atoms with Gasteiger partial charge < -0.3 is 20.1 Å². The van der Waals surface area contributed by atoms with E-state index in [0.29, 0.717) is 25.6 Å². The van der Waals surface area contributed by atoms with Crippen LogP contribution in [-0.2, 0) is 19.7 Å². The van der Waals surface area contributed by atoms with Gasteiger partial charge in [0.15, 0.2) is 5.96 Å². The van der Waals surface area contributed by atoms with Crippen LogP contribution in [0.25, 0.3) is 0 Å². The first-order valence-corrected chi connectivity index (χ1v) is 8.84. The van der Waals surface area contributed by atoms with E-state index in [1.165, 1.54) is 18.2 Å². The smallest absolute Gasteiger partial charge is 0.387 e. The van der Waals surface area contributed by atoms with E-state index in [1.54, 1.807) is 24.3 Å². The zero-order valence-electron chi connectivity index (χ0n) is 15.8. The van der Waals surface area contributed by atoms with Gasteiger partial charge in [0.2, 0.25) is 0 Å². The third kappa shape index (κ3) is 6.45. The number of ether oxygens (including phenoxy) is 1. The molecule has 8 heteroatoms. The fourth-order valence-corrected chi connectivity index (χ4v) is 2.61. The highest BCUT2D eigenvalue weighted by Crippen LogP contribution is 2.16. The van der Waals surface area contributed by atoms with E-state index in [0.717, 1.165) is 11.1 Å². The average molecular weight is 395 g/mol. The molecule has 0 radical (unpaired) electrons. The van der Waals surface area contributed by atoms with Crippen LogP contribution < -0.4 is 10.1 Å². The fourth-order valence-electron chi connectivity index (χ4n) is 2.61. The Balaban J connectivity index is 2.06. The molecule has 5 nitrogen and oxygen atoms in total. The monoisotopic (exact) mass is 395 g/mol. The zero-order chi connectivity index (χ0) is 20.5. The van der Waals surface area contributed by atoms with Gasteiger partial charge in [-0.1, -0.05) is 18.2 Å². The summed E-state index contributed by atoms with van der Waals surface area (Å²) in [5.74, 6) is 0.307. The molecule has 152 valence electrons. The largest absolute Gasteiger partial charge is 0.435 e. The Kier molecular flexibility index (Phi) is 8.13. The Hall–Kier alpha value is -2.74. The maximum Gasteiger partial charge on any atom is 0.387 e. The number of rotatable bonds is 8. The molecular weight excluding hydrogens is 371 g/mol. The van der Waals surface area contributed by atoms with Crippen LogP contribution in [0.3, 0.4) is 0 Å². The van der Waals surface area contributed by atoms with E-state index in [2.05, 4.69) is 15.0 Å². The van der Waals surface area contributed by atoms with Crippen LogP contribution in [0.5, 0.6) is 5.75 Å². The van der Waals surface area contributed by atoms with Crippen LogP contribution in [0.15, 0.2) is 47.5 Å². The van der Waals surface area contributed by atoms with Gasteiger partial charge in [0, 0.05) is 25.7 Å². The van der Waals surface area contributed by atoms with Crippen molar-refractivity contribution in [1.82, 2.24) is 10.2 Å². The molecule has 0 spiro atoms. The van der Waals surface area contributed by atoms with E-state index in [4.69, 9.17) is 0 Å². The van der Waals surface area contributed by atoms with Gasteiger partial charge in [-0.2, -0.15) is 8.78 Å². The van der Waals surface area contributed by atoms with E-state index in [9.17, 15) is 18.3 Å². The minimum absolute atomic E-state index is 0.109. The normalized spacial score (nSPS) is 11.6. The van der Waals surface area contributed by atoms with Crippen molar-refractivity contribution >= 4 is 5.96 Å². The molecule has 2 rings (SSSR count). The summed E-state index contributed by atoms with van der Waals surface area (Å²) in [6, 6.07) is 10.9. The van der Waals surface area contributed by atoms with Crippen LogP contribution in [0, 0.1) is 5.82 Å². The number of nitrogens with one attached hydrogen (secondary N) is 1. The molecule has 28 heavy (non-hydrogen) atoms. The second kappa shape index (κ2) is 10.6. The zero-order valence-corrected chi connectivity index (χ0v) is 15.8. The predicted octanol–water partition coefficient (Wildman–Crippen LogP) is 3.52. The minimum atomic E-state index is -2.85. The number of aliphatic hydroxyl groups is 1. The lowest BCUT2D eigenvalue weighted by molar-refractivity contribution is -0.0498. The van der Waals surface area contributed by atoms with Gasteiger partial charge in [-0.05, 0) is 42.3 Å². The lowest BCUT2D eigenvalue weighted by Crippen LogP contribution is -2.38. The highest BCUT2D eigenvalue weighted by atomic mass is 19.3. The first-order chi connectivity index (χ1) is 13.4. The SMILES string of the molecule is CCNC(=NCc1ccc(F)c(CO)c1)N(C)Cc1ccc(OC(F)F)cc1. The topological polar surface area (TPSA) is 57.1 Å². The maximum atomic E-state index is 13.5. The highest BCUT2D eigenvalue weighted by Gasteiger charge is 2.09. The Morgan fingerprint density at radius 3 is 2.46 bits per heavy atom. The molecular formula is C20H24F3N3O2. The van der Waals surface area contributed by atoms with E-state index in [1.807, 2.05) is 18.9 Å². The molecule has 0 saturated carbocycles. The quantitative estimate of drug-likeness (QED) is 0.531. The molecule has 2 aromatic carbocycles. The number of hydrogen-bond donors (Lipinski definition) is 2. The molecule has 0 aliphatic carbocycles. The number of nitrogens with zero attached hydrogens (tertiary/aromatic N) is 2. The summed E-state index contributed by atoms with van der Waals surface area (Å²) in [6.45, 7) is 0.220. The summed E-state index contributed by atoms with van der Waals surface area (Å²) < 4.78 is 42.3. The number of aliphatic hydroxyl groups excluding tert-OH is 1. The molecule has 0 amide bonds. The lowest BCUT2D eigenvalue weighted by Gasteiger charge is -2.22. The third-order valence-corrected chi connectivity index (χ3v) is 3.96. The summed E-state index contributed by atoms with van der Waals surface area (Å²) in [5, 5.41) is 12.4. The van der Waals surface area contributed by atoms with Gasteiger partial charge in [-0.15, -0.1) is 0 Å². The maximum absolute atomic E-state index is 13.5. The van der Waals surface area contributed by atoms with Crippen molar-refractivity contribution in [3.8, 4) is 5.75 Å². The van der Waals surface area contributed by atoms with E-state index >= 15 is 0 Å². The summed E-state index contributed by atoms with van der Waals surface area (Å²) in [4.78, 5) is 6.44. The molecule has 2 aromatic rings. The fraction of sp³-hybridized carbons (Fsp3) is 0.350. The standard InChI is InChI=1S/C20H24F3N3O2/c1-3-24-20(25-11-15-6-9-18(21)16(10-15)13-27)26(2)12-14-4-7-17(8-5-14)28-19(22)23/h4-10,19,27H,3,11-13H2,1-2H3,(H,24,25). The number of hydrogen-bond acceptors (Lipinski definition) is 3. The van der Waals surface area contributed by atoms with Crippen molar-refractivity contribution in [2.75, 3.05) is 13.6 Å². The number of alkyl halides is 2. The van der Waals surface area contributed by atoms with Crippen molar-refractivity contribution in [2.24, 2.45) is 4.99 Å². The van der Waals surface area contributed by atoms with Crippen LogP contribution in [0.2, 0.25) is 0 Å². The Morgan fingerprint density at radius 1 is 1.18 bits per heavy atom. The molecule has 0 unspecified atom stereocenters. The van der Waals surface area contributed by atoms with Crippen molar-refractivity contribution in [3.63, 3.8) is 0 Å². The Morgan fingerprint density at radius 2 is 1.86 bits per heavy atom. The van der Waals surface area contributed by atoms with Gasteiger partial charge >= 0.3 is 6.61 Å². The molecule has 0 saturated heterocycles. The minimum Gasteiger partial charge on any atom is -0.435 e. The molecule has 0 aliphatic heterocycles. The van der Waals surface area contributed by atoms with Gasteiger partial charge in [0.1, 0.15) is 11.6 Å². The molecule has 0 atom stereocenters. The molecule has 2 N–H and O–H groups in total. The van der Waals surface area contributed by atoms with Crippen molar-refractivity contribution in [3.05, 3.63) is 65.0 Å². The van der Waals surface area contributed by atoms with Crippen LogP contribution in [0.4, 0.5) is 13.2 Å². The Labute approximate surface area is 162 Å². The van der Waals surface area contributed by atoms with Gasteiger partial charge in [0.05, 0.1) is 13.2 Å². The molecule has 0 fully saturated rings. The molecule has 0 aromatic heterocycles. The Bertz CT molecular complexity index is 783. The van der Waals surface area contributed by atoms with E-state index < -0.39 is 12.4 Å². The van der Waals surface area contributed by atoms with Crippen molar-refractivity contribution in [1.29, 1.82) is 0 Å².